The predicted octanol–water partition coefficient (Wildman–Crippen LogP) is 1.39. The third-order valence-corrected chi connectivity index (χ3v) is 2.94. The van der Waals surface area contributed by atoms with Crippen molar-refractivity contribution < 1.29 is 14.7 Å². The molecule has 2 amide bonds. The molecule has 1 unspecified atom stereocenters. The van der Waals surface area contributed by atoms with E-state index in [0.717, 1.165) is 19.3 Å². The average molecular weight is 228 g/mol. The summed E-state index contributed by atoms with van der Waals surface area (Å²) in [6.07, 6.45) is 2.99. The van der Waals surface area contributed by atoms with Crippen LogP contribution >= 0.6 is 0 Å². The second kappa shape index (κ2) is 5.18. The fraction of sp³-hybridized carbons (Fsp3) is 0.818. The quantitative estimate of drug-likeness (QED) is 0.773. The Kier molecular flexibility index (Phi) is 4.15. The molecule has 1 atom stereocenters. The van der Waals surface area contributed by atoms with Gasteiger partial charge in [0, 0.05) is 19.6 Å². The molecule has 0 radical (unpaired) electrons. The van der Waals surface area contributed by atoms with Crippen LogP contribution < -0.4 is 0 Å². The van der Waals surface area contributed by atoms with E-state index in [1.807, 2.05) is 6.92 Å². The van der Waals surface area contributed by atoms with Gasteiger partial charge in [-0.2, -0.15) is 0 Å². The van der Waals surface area contributed by atoms with E-state index in [9.17, 15) is 9.59 Å². The summed E-state index contributed by atoms with van der Waals surface area (Å²) in [5.74, 6) is -0.969. The fourth-order valence-electron chi connectivity index (χ4n) is 1.60. The van der Waals surface area contributed by atoms with Gasteiger partial charge in [-0.15, -0.1) is 0 Å². The molecule has 5 heteroatoms. The van der Waals surface area contributed by atoms with Crippen LogP contribution in [0, 0.1) is 0 Å². The first-order valence-corrected chi connectivity index (χ1v) is 5.75. The molecule has 92 valence electrons. The van der Waals surface area contributed by atoms with Crippen molar-refractivity contribution in [3.05, 3.63) is 0 Å². The molecule has 0 aromatic heterocycles. The lowest BCUT2D eigenvalue weighted by Crippen LogP contribution is -2.48. The maximum atomic E-state index is 12.0. The van der Waals surface area contributed by atoms with Gasteiger partial charge in [-0.1, -0.05) is 6.92 Å². The SMILES string of the molecule is CCCN(C(=O)N(C)C(C)C(=O)O)C1CC1. The van der Waals surface area contributed by atoms with Crippen molar-refractivity contribution in [2.24, 2.45) is 0 Å². The average Bonchev–Trinajstić information content (AvgIpc) is 3.06. The van der Waals surface area contributed by atoms with Crippen molar-refractivity contribution in [3.8, 4) is 0 Å². The molecule has 0 aromatic rings. The minimum absolute atomic E-state index is 0.167. The summed E-state index contributed by atoms with van der Waals surface area (Å²) in [6.45, 7) is 4.25. The van der Waals surface area contributed by atoms with Crippen LogP contribution in [-0.2, 0) is 4.79 Å². The van der Waals surface area contributed by atoms with Gasteiger partial charge in [0.1, 0.15) is 6.04 Å². The van der Waals surface area contributed by atoms with Gasteiger partial charge in [0.15, 0.2) is 0 Å². The first-order valence-electron chi connectivity index (χ1n) is 5.75. The predicted molar refractivity (Wildman–Crippen MR) is 60.3 cm³/mol. The molecule has 0 heterocycles. The standard InChI is InChI=1S/C11H20N2O3/c1-4-7-13(9-5-6-9)11(16)12(3)8(2)10(14)15/h8-9H,4-7H2,1-3H3,(H,14,15). The number of carbonyl (C=O) groups excluding carboxylic acids is 1. The molecule has 0 saturated heterocycles. The van der Waals surface area contributed by atoms with Crippen molar-refractivity contribution >= 4 is 12.0 Å². The van der Waals surface area contributed by atoms with Gasteiger partial charge in [-0.05, 0) is 26.2 Å². The van der Waals surface area contributed by atoms with Crippen molar-refractivity contribution in [3.63, 3.8) is 0 Å². The number of carboxylic acids is 1. The summed E-state index contributed by atoms with van der Waals surface area (Å²) >= 11 is 0. The molecule has 0 aromatic carbocycles. The van der Waals surface area contributed by atoms with E-state index < -0.39 is 12.0 Å². The van der Waals surface area contributed by atoms with Gasteiger partial charge in [-0.3, -0.25) is 0 Å². The van der Waals surface area contributed by atoms with Gasteiger partial charge in [0.2, 0.25) is 0 Å². The van der Waals surface area contributed by atoms with Gasteiger partial charge < -0.3 is 14.9 Å². The third kappa shape index (κ3) is 2.87. The molecule has 1 rings (SSSR count). The maximum absolute atomic E-state index is 12.0. The van der Waals surface area contributed by atoms with E-state index in [-0.39, 0.29) is 6.03 Å². The minimum atomic E-state index is -0.969. The van der Waals surface area contributed by atoms with Crippen LogP contribution in [0.3, 0.4) is 0 Å². The highest BCUT2D eigenvalue weighted by atomic mass is 16.4. The van der Waals surface area contributed by atoms with Crippen molar-refractivity contribution in [1.29, 1.82) is 0 Å². The number of amides is 2. The lowest BCUT2D eigenvalue weighted by molar-refractivity contribution is -0.141. The minimum Gasteiger partial charge on any atom is -0.480 e. The van der Waals surface area contributed by atoms with E-state index in [4.69, 9.17) is 5.11 Å². The zero-order valence-corrected chi connectivity index (χ0v) is 10.1. The number of aliphatic carboxylic acids is 1. The molecular weight excluding hydrogens is 208 g/mol. The summed E-state index contributed by atoms with van der Waals surface area (Å²) < 4.78 is 0. The van der Waals surface area contributed by atoms with Crippen LogP contribution in [0.15, 0.2) is 0 Å². The molecule has 5 nitrogen and oxygen atoms in total. The van der Waals surface area contributed by atoms with E-state index >= 15 is 0 Å². The second-order valence-corrected chi connectivity index (χ2v) is 4.33. The molecule has 1 fully saturated rings. The Morgan fingerprint density at radius 1 is 1.44 bits per heavy atom. The molecule has 1 saturated carbocycles. The van der Waals surface area contributed by atoms with Gasteiger partial charge in [0.25, 0.3) is 0 Å². The van der Waals surface area contributed by atoms with Crippen LogP contribution in [0.5, 0.6) is 0 Å². The Labute approximate surface area is 96.0 Å². The number of hydrogen-bond donors (Lipinski definition) is 1. The summed E-state index contributed by atoms with van der Waals surface area (Å²) in [5.41, 5.74) is 0. The van der Waals surface area contributed by atoms with Gasteiger partial charge >= 0.3 is 12.0 Å². The number of likely N-dealkylation sites (N-methyl/N-ethyl adjacent to an activating group) is 1. The van der Waals surface area contributed by atoms with Crippen LogP contribution in [0.4, 0.5) is 4.79 Å². The van der Waals surface area contributed by atoms with Crippen molar-refractivity contribution in [1.82, 2.24) is 9.80 Å². The highest BCUT2D eigenvalue weighted by Gasteiger charge is 2.35. The number of carboxylic acid groups (broad SMARTS) is 1. The molecule has 1 aliphatic carbocycles. The summed E-state index contributed by atoms with van der Waals surface area (Å²) in [6, 6.07) is -0.610. The fourth-order valence-corrected chi connectivity index (χ4v) is 1.60. The number of hydrogen-bond acceptors (Lipinski definition) is 2. The van der Waals surface area contributed by atoms with E-state index in [2.05, 4.69) is 0 Å². The van der Waals surface area contributed by atoms with Gasteiger partial charge in [0.05, 0.1) is 0 Å². The second-order valence-electron chi connectivity index (χ2n) is 4.33. The number of nitrogens with zero attached hydrogens (tertiary/aromatic N) is 2. The number of rotatable bonds is 5. The lowest BCUT2D eigenvalue weighted by atomic mass is 10.3. The summed E-state index contributed by atoms with van der Waals surface area (Å²) in [7, 11) is 1.55. The van der Waals surface area contributed by atoms with E-state index in [1.165, 1.54) is 11.8 Å². The molecular formula is C11H20N2O3. The van der Waals surface area contributed by atoms with Crippen molar-refractivity contribution in [2.75, 3.05) is 13.6 Å². The Morgan fingerprint density at radius 2 is 2.00 bits per heavy atom. The number of carbonyl (C=O) groups is 2. The first kappa shape index (κ1) is 12.8. The molecule has 0 bridgehead atoms. The molecule has 0 aliphatic heterocycles. The normalized spacial score (nSPS) is 16.7. The van der Waals surface area contributed by atoms with Crippen LogP contribution in [0.1, 0.15) is 33.1 Å². The first-order chi connectivity index (χ1) is 7.49. The Balaban J connectivity index is 2.62. The monoisotopic (exact) mass is 228 g/mol. The Hall–Kier alpha value is -1.26. The van der Waals surface area contributed by atoms with Crippen LogP contribution in [-0.4, -0.2) is 52.6 Å². The maximum Gasteiger partial charge on any atom is 0.326 e. The molecule has 1 aliphatic rings. The van der Waals surface area contributed by atoms with E-state index in [0.29, 0.717) is 12.6 Å². The summed E-state index contributed by atoms with van der Waals surface area (Å²) in [4.78, 5) is 25.9. The van der Waals surface area contributed by atoms with Crippen molar-refractivity contribution in [2.45, 2.75) is 45.2 Å². The number of urea groups is 1. The topological polar surface area (TPSA) is 60.9 Å². The lowest BCUT2D eigenvalue weighted by Gasteiger charge is -2.30. The zero-order valence-electron chi connectivity index (χ0n) is 10.1. The molecule has 1 N–H and O–H groups in total. The third-order valence-electron chi connectivity index (χ3n) is 2.94. The van der Waals surface area contributed by atoms with Crippen LogP contribution in [0.2, 0.25) is 0 Å². The smallest absolute Gasteiger partial charge is 0.326 e. The highest BCUT2D eigenvalue weighted by Crippen LogP contribution is 2.28. The van der Waals surface area contributed by atoms with Gasteiger partial charge in [-0.25, -0.2) is 9.59 Å². The van der Waals surface area contributed by atoms with E-state index in [1.54, 1.807) is 11.9 Å². The molecule has 0 spiro atoms. The van der Waals surface area contributed by atoms with Crippen LogP contribution in [0.25, 0.3) is 0 Å². The Morgan fingerprint density at radius 3 is 2.38 bits per heavy atom. The largest absolute Gasteiger partial charge is 0.480 e. The molecule has 16 heavy (non-hydrogen) atoms. The Bertz CT molecular complexity index is 276. The summed E-state index contributed by atoms with van der Waals surface area (Å²) in [5, 5.41) is 8.85. The highest BCUT2D eigenvalue weighted by molar-refractivity contribution is 5.82. The zero-order chi connectivity index (χ0) is 12.3.